The summed E-state index contributed by atoms with van der Waals surface area (Å²) in [5.41, 5.74) is 5.78. The molecule has 0 aliphatic heterocycles. The molecule has 0 N–H and O–H groups in total. The number of benzene rings is 2. The first-order valence-electron chi connectivity index (χ1n) is 12.3. The number of hydrogen-bond donors (Lipinski definition) is 0. The molecule has 0 unspecified atom stereocenters. The number of unbranched alkanes of at least 4 members (excludes halogenated alkanes) is 2. The minimum absolute atomic E-state index is 0.826. The third kappa shape index (κ3) is 10.9. The predicted molar refractivity (Wildman–Crippen MR) is 155 cm³/mol. The first-order chi connectivity index (χ1) is 16.4. The molecule has 4 rings (SSSR count). The van der Waals surface area contributed by atoms with Crippen LogP contribution in [0.25, 0.3) is 21.5 Å². The van der Waals surface area contributed by atoms with Crippen molar-refractivity contribution < 1.29 is 20.8 Å². The molecule has 0 atom stereocenters. The van der Waals surface area contributed by atoms with Crippen LogP contribution in [0.1, 0.15) is 61.8 Å². The molecule has 0 aromatic heterocycles. The quantitative estimate of drug-likeness (QED) is 0.155. The second-order valence-corrected chi connectivity index (χ2v) is 13.4. The number of fused-ring (bicyclic) bond motifs is 2. The van der Waals surface area contributed by atoms with Gasteiger partial charge in [-0.3, -0.25) is 0 Å². The molecular formula is C30H40Cl2SiZr. The standard InChI is InChI=1S/2C14H17.C2H6Si.2ClH.Zr/c2*1-3-4-6-12-7-5-8-13-9-11(2)10-14(12)13;1-3-2;;;/h2*5,7-10H,3-4,6H2,1-2H3;1-2H3;2*1H;/q2*-1;;;;+4/p-2. The van der Waals surface area contributed by atoms with E-state index in [2.05, 4.69) is 101 Å². The maximum atomic E-state index is 4.93. The molecule has 0 nitrogen and oxygen atoms in total. The van der Waals surface area contributed by atoms with Gasteiger partial charge >= 0.3 is 37.9 Å². The van der Waals surface area contributed by atoms with Crippen LogP contribution in [0, 0.1) is 13.8 Å². The molecule has 4 heteroatoms. The predicted octanol–water partition coefficient (Wildman–Crippen LogP) is 10.6. The molecule has 0 aliphatic rings. The molecule has 34 heavy (non-hydrogen) atoms. The van der Waals surface area contributed by atoms with Crippen LogP contribution in [0.4, 0.5) is 0 Å². The van der Waals surface area contributed by atoms with Crippen molar-refractivity contribution in [3.63, 3.8) is 0 Å². The van der Waals surface area contributed by atoms with Gasteiger partial charge in [0.05, 0.1) is 0 Å². The van der Waals surface area contributed by atoms with E-state index >= 15 is 0 Å². The number of aryl methyl sites for hydroxylation is 4. The van der Waals surface area contributed by atoms with Gasteiger partial charge in [-0.05, 0) is 12.8 Å². The summed E-state index contributed by atoms with van der Waals surface area (Å²) >= 11 is -0.826. The Morgan fingerprint density at radius 1 is 0.735 bits per heavy atom. The molecule has 182 valence electrons. The van der Waals surface area contributed by atoms with Crippen molar-refractivity contribution in [3.05, 3.63) is 82.9 Å². The summed E-state index contributed by atoms with van der Waals surface area (Å²) in [6.45, 7) is 13.1. The van der Waals surface area contributed by atoms with Gasteiger partial charge < -0.3 is 0 Å². The Labute approximate surface area is 229 Å². The zero-order chi connectivity index (χ0) is 25.3. The van der Waals surface area contributed by atoms with Crippen molar-refractivity contribution in [1.29, 1.82) is 0 Å². The second-order valence-electron chi connectivity index (χ2n) is 8.68. The molecule has 0 bridgehead atoms. The summed E-state index contributed by atoms with van der Waals surface area (Å²) in [7, 11) is 11.0. The van der Waals surface area contributed by atoms with E-state index in [9.17, 15) is 0 Å². The molecule has 2 radical (unpaired) electrons. The number of halogens is 2. The Hall–Kier alpha value is -0.660. The Morgan fingerprint density at radius 3 is 1.41 bits per heavy atom. The fourth-order valence-electron chi connectivity index (χ4n) is 4.07. The van der Waals surface area contributed by atoms with Gasteiger partial charge in [0.25, 0.3) is 0 Å². The zero-order valence-corrected chi connectivity index (χ0v) is 26.7. The van der Waals surface area contributed by atoms with Crippen LogP contribution in [0.5, 0.6) is 0 Å². The Bertz CT molecular complexity index is 978. The van der Waals surface area contributed by atoms with Crippen molar-refractivity contribution in [3.8, 4) is 0 Å². The van der Waals surface area contributed by atoms with Crippen LogP contribution in [0.2, 0.25) is 13.1 Å². The van der Waals surface area contributed by atoms with Crippen molar-refractivity contribution in [2.24, 2.45) is 0 Å². The summed E-state index contributed by atoms with van der Waals surface area (Å²) < 4.78 is 0. The monoisotopic (exact) mass is 588 g/mol. The van der Waals surface area contributed by atoms with Crippen molar-refractivity contribution in [2.45, 2.75) is 79.3 Å². The van der Waals surface area contributed by atoms with Gasteiger partial charge in [0, 0.05) is 9.52 Å². The summed E-state index contributed by atoms with van der Waals surface area (Å²) in [6, 6.07) is 22.4. The molecule has 0 aliphatic carbocycles. The van der Waals surface area contributed by atoms with Gasteiger partial charge in [-0.2, -0.15) is 12.1 Å². The maximum absolute atomic E-state index is 4.93. The van der Waals surface area contributed by atoms with Gasteiger partial charge in [-0.15, -0.1) is 69.1 Å². The molecular weight excluding hydrogens is 551 g/mol. The van der Waals surface area contributed by atoms with Crippen LogP contribution in [0.15, 0.2) is 60.7 Å². The van der Waals surface area contributed by atoms with E-state index in [0.717, 1.165) is 9.52 Å². The topological polar surface area (TPSA) is 0 Å². The number of rotatable bonds is 6. The van der Waals surface area contributed by atoms with Gasteiger partial charge in [-0.25, -0.2) is 0 Å². The van der Waals surface area contributed by atoms with E-state index in [-0.39, 0.29) is 0 Å². The van der Waals surface area contributed by atoms with Gasteiger partial charge in [0.15, 0.2) is 0 Å². The Balaban J connectivity index is 0.000000277. The molecule has 0 heterocycles. The number of hydrogen-bond acceptors (Lipinski definition) is 0. The molecule has 0 spiro atoms. The van der Waals surface area contributed by atoms with Crippen LogP contribution >= 0.6 is 17.0 Å². The Morgan fingerprint density at radius 2 is 1.09 bits per heavy atom. The SMILES string of the molecule is CCCCc1cccc2[cH-]c(C)cc12.CCCCc1cccc2[cH-]c(C)cc12.C[Si]C.[Cl][Zr+2][Cl]. The normalized spacial score (nSPS) is 9.88. The fraction of sp³-hybridized carbons (Fsp3) is 0.400. The van der Waals surface area contributed by atoms with Crippen LogP contribution in [0.3, 0.4) is 0 Å². The van der Waals surface area contributed by atoms with Crippen molar-refractivity contribution in [2.75, 3.05) is 0 Å². The van der Waals surface area contributed by atoms with E-state index in [4.69, 9.17) is 17.0 Å². The average molecular weight is 591 g/mol. The summed E-state index contributed by atoms with van der Waals surface area (Å²) in [5.74, 6) is 0. The van der Waals surface area contributed by atoms with Gasteiger partial charge in [-0.1, -0.05) is 89.7 Å². The van der Waals surface area contributed by atoms with Crippen LogP contribution in [-0.4, -0.2) is 9.52 Å². The first-order valence-corrected chi connectivity index (χ1v) is 20.6. The van der Waals surface area contributed by atoms with Crippen molar-refractivity contribution >= 4 is 48.1 Å². The zero-order valence-electron chi connectivity index (χ0n) is 21.8. The first kappa shape index (κ1) is 31.4. The van der Waals surface area contributed by atoms with E-state index in [1.54, 1.807) is 0 Å². The van der Waals surface area contributed by atoms with E-state index < -0.39 is 20.8 Å². The fourth-order valence-corrected chi connectivity index (χ4v) is 4.07. The van der Waals surface area contributed by atoms with Crippen LogP contribution in [-0.2, 0) is 33.7 Å². The molecule has 4 aromatic rings. The molecule has 0 amide bonds. The van der Waals surface area contributed by atoms with Gasteiger partial charge in [0.1, 0.15) is 0 Å². The van der Waals surface area contributed by atoms with Crippen LogP contribution < -0.4 is 0 Å². The molecule has 4 aromatic carbocycles. The summed E-state index contributed by atoms with van der Waals surface area (Å²) in [6.07, 6.45) is 7.58. The molecule has 0 fully saturated rings. The van der Waals surface area contributed by atoms with E-state index in [1.165, 1.54) is 82.3 Å². The van der Waals surface area contributed by atoms with Gasteiger partial charge in [0.2, 0.25) is 0 Å². The second kappa shape index (κ2) is 18.6. The van der Waals surface area contributed by atoms with Crippen molar-refractivity contribution in [1.82, 2.24) is 0 Å². The third-order valence-electron chi connectivity index (χ3n) is 5.57. The third-order valence-corrected chi connectivity index (χ3v) is 5.57. The minimum atomic E-state index is -0.826. The van der Waals surface area contributed by atoms with E-state index in [0.29, 0.717) is 0 Å². The summed E-state index contributed by atoms with van der Waals surface area (Å²) in [5, 5.41) is 5.71. The van der Waals surface area contributed by atoms with E-state index in [1.807, 2.05) is 0 Å². The summed E-state index contributed by atoms with van der Waals surface area (Å²) in [4.78, 5) is 0. The Kier molecular flexibility index (Phi) is 17.1. The molecule has 0 saturated heterocycles. The molecule has 0 saturated carbocycles. The average Bonchev–Trinajstić information content (AvgIpc) is 3.39.